The molecular weight excluding hydrogens is 302 g/mol. The van der Waals surface area contributed by atoms with Gasteiger partial charge in [0.25, 0.3) is 0 Å². The zero-order chi connectivity index (χ0) is 14.6. The molecule has 1 aromatic rings. The van der Waals surface area contributed by atoms with Gasteiger partial charge in [-0.1, -0.05) is 0 Å². The molecule has 0 amide bonds. The van der Waals surface area contributed by atoms with Gasteiger partial charge in [-0.05, 0) is 37.1 Å². The number of sulfonamides is 1. The highest BCUT2D eigenvalue weighted by Gasteiger charge is 2.24. The Morgan fingerprint density at radius 2 is 2.30 bits per heavy atom. The smallest absolute Gasteiger partial charge is 0.347 e. The normalized spacial score (nSPS) is 19.9. The molecule has 2 heterocycles. The number of ether oxygens (including phenoxy) is 1. The summed E-state index contributed by atoms with van der Waals surface area (Å²) in [5.74, 6) is -1.23. The molecule has 2 N–H and O–H groups in total. The molecule has 0 saturated carbocycles. The average Bonchev–Trinajstić information content (AvgIpc) is 2.90. The van der Waals surface area contributed by atoms with E-state index in [0.717, 1.165) is 37.2 Å². The minimum absolute atomic E-state index is 0.0906. The van der Waals surface area contributed by atoms with Crippen molar-refractivity contribution in [3.63, 3.8) is 0 Å². The molecular formula is C12H17NO5S2. The maximum atomic E-state index is 12.1. The van der Waals surface area contributed by atoms with Crippen LogP contribution in [0.25, 0.3) is 0 Å². The molecule has 1 saturated heterocycles. The topological polar surface area (TPSA) is 92.7 Å². The highest BCUT2D eigenvalue weighted by atomic mass is 32.2. The Morgan fingerprint density at radius 3 is 2.95 bits per heavy atom. The van der Waals surface area contributed by atoms with E-state index in [1.54, 1.807) is 0 Å². The van der Waals surface area contributed by atoms with Crippen LogP contribution >= 0.6 is 11.3 Å². The van der Waals surface area contributed by atoms with Crippen molar-refractivity contribution in [3.05, 3.63) is 16.3 Å². The van der Waals surface area contributed by atoms with E-state index in [4.69, 9.17) is 9.84 Å². The van der Waals surface area contributed by atoms with E-state index in [0.29, 0.717) is 6.42 Å². The SMILES string of the molecule is O=C(O)c1sccc1S(=O)(=O)NCCC1CCCCO1. The first-order valence-corrected chi connectivity index (χ1v) is 8.79. The van der Waals surface area contributed by atoms with E-state index in [-0.39, 0.29) is 22.4 Å². The van der Waals surface area contributed by atoms with Crippen molar-refractivity contribution in [2.75, 3.05) is 13.2 Å². The van der Waals surface area contributed by atoms with E-state index in [2.05, 4.69) is 4.72 Å². The van der Waals surface area contributed by atoms with Crippen LogP contribution < -0.4 is 4.72 Å². The van der Waals surface area contributed by atoms with Gasteiger partial charge in [0.15, 0.2) is 0 Å². The number of aromatic carboxylic acids is 1. The predicted octanol–water partition coefficient (Wildman–Crippen LogP) is 1.68. The molecule has 0 aromatic carbocycles. The van der Waals surface area contributed by atoms with Crippen molar-refractivity contribution < 1.29 is 23.1 Å². The predicted molar refractivity (Wildman–Crippen MR) is 74.7 cm³/mol. The maximum absolute atomic E-state index is 12.1. The Balaban J connectivity index is 1.93. The van der Waals surface area contributed by atoms with Crippen molar-refractivity contribution in [2.45, 2.75) is 36.7 Å². The standard InChI is InChI=1S/C12H17NO5S2/c14-12(15)11-10(5-8-19-11)20(16,17)13-6-4-9-3-1-2-7-18-9/h5,8-9,13H,1-4,6-7H2,(H,14,15). The molecule has 1 fully saturated rings. The zero-order valence-corrected chi connectivity index (χ0v) is 12.5. The van der Waals surface area contributed by atoms with Crippen LogP contribution in [-0.2, 0) is 14.8 Å². The van der Waals surface area contributed by atoms with Gasteiger partial charge in [-0.3, -0.25) is 0 Å². The van der Waals surface area contributed by atoms with Crippen LogP contribution in [0.4, 0.5) is 0 Å². The van der Waals surface area contributed by atoms with Gasteiger partial charge in [-0.2, -0.15) is 0 Å². The lowest BCUT2D eigenvalue weighted by atomic mass is 10.1. The number of thiophene rings is 1. The fraction of sp³-hybridized carbons (Fsp3) is 0.583. The van der Waals surface area contributed by atoms with Crippen LogP contribution in [0.15, 0.2) is 16.3 Å². The Morgan fingerprint density at radius 1 is 1.50 bits per heavy atom. The van der Waals surface area contributed by atoms with Crippen molar-refractivity contribution in [2.24, 2.45) is 0 Å². The lowest BCUT2D eigenvalue weighted by molar-refractivity contribution is 0.0123. The fourth-order valence-electron chi connectivity index (χ4n) is 2.13. The van der Waals surface area contributed by atoms with Gasteiger partial charge in [-0.15, -0.1) is 11.3 Å². The Labute approximate surface area is 121 Å². The molecule has 20 heavy (non-hydrogen) atoms. The summed E-state index contributed by atoms with van der Waals surface area (Å²) in [5.41, 5.74) is 0. The third-order valence-corrected chi connectivity index (χ3v) is 5.68. The average molecular weight is 319 g/mol. The summed E-state index contributed by atoms with van der Waals surface area (Å²) in [4.78, 5) is 10.6. The molecule has 0 aliphatic carbocycles. The number of carbonyl (C=O) groups is 1. The molecule has 8 heteroatoms. The van der Waals surface area contributed by atoms with E-state index in [1.165, 1.54) is 11.4 Å². The molecule has 1 atom stereocenters. The van der Waals surface area contributed by atoms with Gasteiger partial charge in [0, 0.05) is 13.2 Å². The highest BCUT2D eigenvalue weighted by Crippen LogP contribution is 2.22. The number of hydrogen-bond donors (Lipinski definition) is 2. The highest BCUT2D eigenvalue weighted by molar-refractivity contribution is 7.89. The molecule has 112 valence electrons. The first-order chi connectivity index (χ1) is 9.50. The molecule has 2 rings (SSSR count). The third kappa shape index (κ3) is 3.78. The largest absolute Gasteiger partial charge is 0.477 e. The van der Waals surface area contributed by atoms with Gasteiger partial charge >= 0.3 is 5.97 Å². The Kier molecular flexibility index (Phi) is 5.14. The summed E-state index contributed by atoms with van der Waals surface area (Å²) < 4.78 is 32.1. The lowest BCUT2D eigenvalue weighted by Gasteiger charge is -2.22. The molecule has 1 aliphatic rings. The minimum Gasteiger partial charge on any atom is -0.477 e. The summed E-state index contributed by atoms with van der Waals surface area (Å²) in [5, 5.41) is 10.4. The minimum atomic E-state index is -3.77. The lowest BCUT2D eigenvalue weighted by Crippen LogP contribution is -2.30. The second-order valence-electron chi connectivity index (χ2n) is 4.59. The summed E-state index contributed by atoms with van der Waals surface area (Å²) >= 11 is 0.903. The summed E-state index contributed by atoms with van der Waals surface area (Å²) in [6, 6.07) is 1.31. The van der Waals surface area contributed by atoms with Gasteiger partial charge < -0.3 is 9.84 Å². The van der Waals surface area contributed by atoms with Gasteiger partial charge in [-0.25, -0.2) is 17.9 Å². The van der Waals surface area contributed by atoms with E-state index < -0.39 is 16.0 Å². The second-order valence-corrected chi connectivity index (χ2v) is 7.25. The van der Waals surface area contributed by atoms with E-state index in [1.807, 2.05) is 0 Å². The fourth-order valence-corrected chi connectivity index (χ4v) is 4.44. The van der Waals surface area contributed by atoms with Crippen LogP contribution in [0.1, 0.15) is 35.4 Å². The molecule has 0 spiro atoms. The van der Waals surface area contributed by atoms with Crippen LogP contribution in [0.3, 0.4) is 0 Å². The number of carboxylic acids is 1. The molecule has 0 bridgehead atoms. The van der Waals surface area contributed by atoms with E-state index in [9.17, 15) is 13.2 Å². The summed E-state index contributed by atoms with van der Waals surface area (Å²) in [7, 11) is -3.77. The van der Waals surface area contributed by atoms with Crippen molar-refractivity contribution in [3.8, 4) is 0 Å². The van der Waals surface area contributed by atoms with Gasteiger partial charge in [0.1, 0.15) is 9.77 Å². The number of nitrogens with one attached hydrogen (secondary N) is 1. The Bertz CT molecular complexity index is 560. The van der Waals surface area contributed by atoms with Crippen molar-refractivity contribution in [1.82, 2.24) is 4.72 Å². The Hall–Kier alpha value is -0.960. The summed E-state index contributed by atoms with van der Waals surface area (Å²) in [6.07, 6.45) is 3.80. The van der Waals surface area contributed by atoms with Crippen molar-refractivity contribution >= 4 is 27.3 Å². The quantitative estimate of drug-likeness (QED) is 0.832. The van der Waals surface area contributed by atoms with Crippen LogP contribution in [0, 0.1) is 0 Å². The molecule has 1 aliphatic heterocycles. The van der Waals surface area contributed by atoms with Crippen LogP contribution in [0.5, 0.6) is 0 Å². The third-order valence-electron chi connectivity index (χ3n) is 3.15. The monoisotopic (exact) mass is 319 g/mol. The zero-order valence-electron chi connectivity index (χ0n) is 10.9. The first kappa shape index (κ1) is 15.4. The molecule has 6 nitrogen and oxygen atoms in total. The van der Waals surface area contributed by atoms with Crippen LogP contribution in [0.2, 0.25) is 0 Å². The van der Waals surface area contributed by atoms with Crippen molar-refractivity contribution in [1.29, 1.82) is 0 Å². The number of rotatable bonds is 6. The summed E-state index contributed by atoms with van der Waals surface area (Å²) in [6.45, 7) is 0.979. The first-order valence-electron chi connectivity index (χ1n) is 6.43. The number of carboxylic acid groups (broad SMARTS) is 1. The van der Waals surface area contributed by atoms with E-state index >= 15 is 0 Å². The second kappa shape index (κ2) is 6.66. The molecule has 1 unspecified atom stereocenters. The van der Waals surface area contributed by atoms with Gasteiger partial charge in [0.05, 0.1) is 6.10 Å². The maximum Gasteiger partial charge on any atom is 0.347 e. The molecule has 1 aromatic heterocycles. The number of hydrogen-bond acceptors (Lipinski definition) is 5. The van der Waals surface area contributed by atoms with Crippen LogP contribution in [-0.4, -0.2) is 38.7 Å². The van der Waals surface area contributed by atoms with Gasteiger partial charge in [0.2, 0.25) is 10.0 Å². The molecule has 0 radical (unpaired) electrons.